The first-order valence-electron chi connectivity index (χ1n) is 7.01. The molecule has 0 atom stereocenters. The number of fused-ring (bicyclic) bond motifs is 3. The van der Waals surface area contributed by atoms with E-state index in [1.54, 1.807) is 0 Å². The molecule has 3 aromatic rings. The monoisotopic (exact) mass is 290 g/mol. The molecule has 0 unspecified atom stereocenters. The molecule has 3 heteroatoms. The van der Waals surface area contributed by atoms with Gasteiger partial charge in [0, 0.05) is 0 Å². The zero-order chi connectivity index (χ0) is 14.1. The molecule has 0 aliphatic carbocycles. The summed E-state index contributed by atoms with van der Waals surface area (Å²) in [4.78, 5) is 0. The first kappa shape index (κ1) is 12.2. The van der Waals surface area contributed by atoms with Crippen LogP contribution in [-0.2, 0) is 0 Å². The zero-order valence-corrected chi connectivity index (χ0v) is 12.9. The van der Waals surface area contributed by atoms with Crippen molar-refractivity contribution in [3.05, 3.63) is 72.8 Å². The lowest BCUT2D eigenvalue weighted by atomic mass is 10.3. The molecule has 0 N–H and O–H groups in total. The highest BCUT2D eigenvalue weighted by Crippen LogP contribution is 2.34. The summed E-state index contributed by atoms with van der Waals surface area (Å²) in [5.74, 6) is 3.40. The van der Waals surface area contributed by atoms with Crippen LogP contribution in [0.5, 0.6) is 23.0 Å². The van der Waals surface area contributed by atoms with Gasteiger partial charge >= 0.3 is 0 Å². The summed E-state index contributed by atoms with van der Waals surface area (Å²) >= 11 is 0. The molecular weight excluding hydrogens is 276 g/mol. The van der Waals surface area contributed by atoms with Gasteiger partial charge in [-0.3, -0.25) is 0 Å². The smallest absolute Gasteiger partial charge is 0.169 e. The Morgan fingerprint density at radius 2 is 0.857 bits per heavy atom. The molecule has 1 aliphatic heterocycles. The van der Waals surface area contributed by atoms with Crippen LogP contribution in [0.2, 0.25) is 0 Å². The summed E-state index contributed by atoms with van der Waals surface area (Å²) in [6, 6.07) is 24.4. The summed E-state index contributed by atoms with van der Waals surface area (Å²) in [5, 5.41) is 2.59. The molecule has 1 heterocycles. The lowest BCUT2D eigenvalue weighted by Crippen LogP contribution is -2.28. The standard InChI is InChI=1S/C18H14O2Si/c1-2-8-14-13(7-1)19-15-9-3-5-11-17(15)21-18-12-6-4-10-16(18)20-14/h1-12H,21H2. The molecule has 2 nitrogen and oxygen atoms in total. The minimum absolute atomic E-state index is 0.639. The van der Waals surface area contributed by atoms with Crippen molar-refractivity contribution in [3.8, 4) is 23.0 Å². The Labute approximate surface area is 125 Å². The molecule has 0 saturated carbocycles. The predicted molar refractivity (Wildman–Crippen MR) is 87.3 cm³/mol. The Hall–Kier alpha value is -2.52. The molecule has 0 radical (unpaired) electrons. The maximum Gasteiger partial charge on any atom is 0.169 e. The number of benzene rings is 3. The largest absolute Gasteiger partial charge is 0.454 e. The maximum atomic E-state index is 6.10. The van der Waals surface area contributed by atoms with Gasteiger partial charge in [0.25, 0.3) is 0 Å². The van der Waals surface area contributed by atoms with Crippen LogP contribution in [0.3, 0.4) is 0 Å². The molecule has 0 aromatic heterocycles. The average molecular weight is 290 g/mol. The quantitative estimate of drug-likeness (QED) is 0.464. The molecule has 1 aliphatic rings. The van der Waals surface area contributed by atoms with Gasteiger partial charge in [-0.25, -0.2) is 0 Å². The van der Waals surface area contributed by atoms with Crippen LogP contribution in [0.4, 0.5) is 0 Å². The third kappa shape index (κ3) is 2.32. The second-order valence-corrected chi connectivity index (χ2v) is 6.92. The van der Waals surface area contributed by atoms with Crippen LogP contribution >= 0.6 is 0 Å². The van der Waals surface area contributed by atoms with Gasteiger partial charge in [-0.2, -0.15) is 0 Å². The van der Waals surface area contributed by atoms with Crippen LogP contribution < -0.4 is 19.8 Å². The van der Waals surface area contributed by atoms with Gasteiger partial charge in [-0.15, -0.1) is 0 Å². The van der Waals surface area contributed by atoms with Crippen molar-refractivity contribution in [2.45, 2.75) is 0 Å². The Morgan fingerprint density at radius 1 is 0.476 bits per heavy atom. The Morgan fingerprint density at radius 3 is 1.33 bits per heavy atom. The van der Waals surface area contributed by atoms with E-state index in [0.29, 0.717) is 0 Å². The number of rotatable bonds is 0. The van der Waals surface area contributed by atoms with Gasteiger partial charge in [-0.05, 0) is 34.6 Å². The molecular formula is C18H14O2Si. The molecule has 3 aromatic carbocycles. The van der Waals surface area contributed by atoms with E-state index in [4.69, 9.17) is 9.47 Å². The minimum Gasteiger partial charge on any atom is -0.454 e. The van der Waals surface area contributed by atoms with Crippen LogP contribution in [0, 0.1) is 0 Å². The van der Waals surface area contributed by atoms with Crippen molar-refractivity contribution >= 4 is 19.9 Å². The molecule has 4 rings (SSSR count). The van der Waals surface area contributed by atoms with Gasteiger partial charge in [0.05, 0.1) is 9.52 Å². The molecule has 102 valence electrons. The topological polar surface area (TPSA) is 18.5 Å². The summed E-state index contributed by atoms with van der Waals surface area (Å²) in [7, 11) is -0.639. The third-order valence-corrected chi connectivity index (χ3v) is 5.55. The number of ether oxygens (including phenoxy) is 2. The summed E-state index contributed by atoms with van der Waals surface area (Å²) in [5.41, 5.74) is 0. The number of hydrogen-bond acceptors (Lipinski definition) is 2. The highest BCUT2D eigenvalue weighted by Gasteiger charge is 2.16. The van der Waals surface area contributed by atoms with Crippen LogP contribution in [0.1, 0.15) is 0 Å². The van der Waals surface area contributed by atoms with Crippen molar-refractivity contribution < 1.29 is 9.47 Å². The van der Waals surface area contributed by atoms with Crippen LogP contribution in [-0.4, -0.2) is 9.52 Å². The predicted octanol–water partition coefficient (Wildman–Crippen LogP) is 2.70. The highest BCUT2D eigenvalue weighted by molar-refractivity contribution is 6.69. The number of para-hydroxylation sites is 4. The van der Waals surface area contributed by atoms with Gasteiger partial charge in [0.1, 0.15) is 11.5 Å². The summed E-state index contributed by atoms with van der Waals surface area (Å²) in [6.07, 6.45) is 0. The molecule has 0 bridgehead atoms. The Balaban J connectivity index is 1.94. The van der Waals surface area contributed by atoms with E-state index in [-0.39, 0.29) is 0 Å². The SMILES string of the molecule is c1ccc2c(c1)Oc1ccccc1[SiH2]c1ccccc1O2. The van der Waals surface area contributed by atoms with E-state index in [0.717, 1.165) is 23.0 Å². The second kappa shape index (κ2) is 5.11. The van der Waals surface area contributed by atoms with E-state index in [2.05, 4.69) is 24.3 Å². The lowest BCUT2D eigenvalue weighted by Gasteiger charge is -2.11. The second-order valence-electron chi connectivity index (χ2n) is 5.04. The molecule has 0 amide bonds. The number of hydrogen-bond donors (Lipinski definition) is 0. The fourth-order valence-corrected chi connectivity index (χ4v) is 4.21. The fraction of sp³-hybridized carbons (Fsp3) is 0. The van der Waals surface area contributed by atoms with E-state index < -0.39 is 9.52 Å². The average Bonchev–Trinajstić information content (AvgIpc) is 2.59. The van der Waals surface area contributed by atoms with E-state index in [9.17, 15) is 0 Å². The van der Waals surface area contributed by atoms with Gasteiger partial charge in [0.2, 0.25) is 0 Å². The first-order chi connectivity index (χ1) is 10.4. The molecule has 0 spiro atoms. The maximum absolute atomic E-state index is 6.10. The normalized spacial score (nSPS) is 12.4. The van der Waals surface area contributed by atoms with Crippen molar-refractivity contribution in [2.24, 2.45) is 0 Å². The van der Waals surface area contributed by atoms with Gasteiger partial charge in [-0.1, -0.05) is 48.5 Å². The summed E-state index contributed by atoms with van der Waals surface area (Å²) in [6.45, 7) is 0. The molecule has 0 saturated heterocycles. The molecule has 0 fully saturated rings. The van der Waals surface area contributed by atoms with Crippen LogP contribution in [0.15, 0.2) is 72.8 Å². The fourth-order valence-electron chi connectivity index (χ4n) is 2.56. The van der Waals surface area contributed by atoms with Crippen molar-refractivity contribution in [1.82, 2.24) is 0 Å². The van der Waals surface area contributed by atoms with E-state index in [1.807, 2.05) is 48.5 Å². The third-order valence-electron chi connectivity index (χ3n) is 3.62. The first-order valence-corrected chi connectivity index (χ1v) is 8.42. The highest BCUT2D eigenvalue weighted by atomic mass is 28.2. The zero-order valence-electron chi connectivity index (χ0n) is 11.5. The van der Waals surface area contributed by atoms with Crippen molar-refractivity contribution in [3.63, 3.8) is 0 Å². The van der Waals surface area contributed by atoms with Crippen molar-refractivity contribution in [2.75, 3.05) is 0 Å². The lowest BCUT2D eigenvalue weighted by molar-refractivity contribution is 0.423. The minimum atomic E-state index is -0.639. The van der Waals surface area contributed by atoms with E-state index >= 15 is 0 Å². The van der Waals surface area contributed by atoms with Gasteiger partial charge < -0.3 is 9.47 Å². The molecule has 21 heavy (non-hydrogen) atoms. The van der Waals surface area contributed by atoms with Crippen LogP contribution in [0.25, 0.3) is 0 Å². The summed E-state index contributed by atoms with van der Waals surface area (Å²) < 4.78 is 12.2. The van der Waals surface area contributed by atoms with Gasteiger partial charge in [0.15, 0.2) is 11.5 Å². The van der Waals surface area contributed by atoms with E-state index in [1.165, 1.54) is 10.4 Å². The van der Waals surface area contributed by atoms with Crippen molar-refractivity contribution in [1.29, 1.82) is 0 Å². The Kier molecular flexibility index (Phi) is 2.98. The Bertz CT molecular complexity index is 627.